The summed E-state index contributed by atoms with van der Waals surface area (Å²) in [6, 6.07) is 8.49. The molecule has 0 radical (unpaired) electrons. The van der Waals surface area contributed by atoms with Crippen LogP contribution < -0.4 is 20.1 Å². The van der Waals surface area contributed by atoms with Gasteiger partial charge >= 0.3 is 10.1 Å². The minimum Gasteiger partial charge on any atom is -0.493 e. The lowest BCUT2D eigenvalue weighted by molar-refractivity contribution is -0.121. The van der Waals surface area contributed by atoms with Crippen LogP contribution in [0.3, 0.4) is 0 Å². The molecular weight excluding hydrogens is 433 g/mol. The summed E-state index contributed by atoms with van der Waals surface area (Å²) in [7, 11) is -2.87. The molecule has 0 spiro atoms. The number of aromatic nitrogens is 4. The number of halogens is 1. The minimum atomic E-state index is -4.20. The number of nitrogens with one attached hydrogen (secondary N) is 1. The summed E-state index contributed by atoms with van der Waals surface area (Å²) in [5, 5.41) is 14.1. The Bertz CT molecular complexity index is 1210. The van der Waals surface area contributed by atoms with Crippen LogP contribution in [0.2, 0.25) is 0 Å². The number of hydrogen-bond acceptors (Lipinski definition) is 10. The van der Waals surface area contributed by atoms with E-state index in [1.54, 1.807) is 0 Å². The monoisotopic (exact) mass is 449 g/mol. The van der Waals surface area contributed by atoms with Crippen molar-refractivity contribution >= 4 is 28.2 Å². The van der Waals surface area contributed by atoms with Gasteiger partial charge in [0.1, 0.15) is 17.3 Å². The van der Waals surface area contributed by atoms with Gasteiger partial charge in [0.25, 0.3) is 5.91 Å². The zero-order valence-corrected chi connectivity index (χ0v) is 16.8. The minimum absolute atomic E-state index is 0.0185. The maximum absolute atomic E-state index is 13.0. The Labute approximate surface area is 175 Å². The van der Waals surface area contributed by atoms with E-state index in [0.717, 1.165) is 28.9 Å². The second-order valence-electron chi connectivity index (χ2n) is 5.89. The Morgan fingerprint density at radius 1 is 1.26 bits per heavy atom. The second kappa shape index (κ2) is 9.17. The van der Waals surface area contributed by atoms with Crippen molar-refractivity contribution in [2.45, 2.75) is 11.4 Å². The Balaban J connectivity index is 1.68. The number of hydrogen-bond donors (Lipinski definition) is 2. The van der Waals surface area contributed by atoms with E-state index in [1.165, 1.54) is 31.5 Å². The summed E-state index contributed by atoms with van der Waals surface area (Å²) in [5.74, 6) is -1.10. The van der Waals surface area contributed by atoms with Crippen LogP contribution in [-0.4, -0.2) is 47.9 Å². The third kappa shape index (κ3) is 5.51. The molecule has 0 unspecified atom stereocenters. The molecule has 1 heterocycles. The summed E-state index contributed by atoms with van der Waals surface area (Å²) in [6.45, 7) is -0.229. The van der Waals surface area contributed by atoms with Gasteiger partial charge in [-0.05, 0) is 58.5 Å². The topological polar surface area (TPSA) is 164 Å². The molecule has 31 heavy (non-hydrogen) atoms. The number of tetrazole rings is 1. The lowest BCUT2D eigenvalue weighted by atomic mass is 10.2. The molecule has 0 aliphatic heterocycles. The molecular formula is C17H16FN7O5S. The molecule has 3 rings (SSSR count). The van der Waals surface area contributed by atoms with Gasteiger partial charge in [0.15, 0.2) is 11.5 Å². The number of methoxy groups -OCH3 is 1. The Hall–Kier alpha value is -4.07. The molecule has 0 aliphatic rings. The number of hydrazone groups is 1. The molecule has 0 fully saturated rings. The van der Waals surface area contributed by atoms with Crippen molar-refractivity contribution in [3.8, 4) is 11.5 Å². The van der Waals surface area contributed by atoms with Crippen LogP contribution in [0.15, 0.2) is 52.5 Å². The molecule has 0 saturated carbocycles. The third-order valence-corrected chi connectivity index (χ3v) is 4.99. The summed E-state index contributed by atoms with van der Waals surface area (Å²) >= 11 is 0. The van der Waals surface area contributed by atoms with E-state index in [-0.39, 0.29) is 28.9 Å². The highest BCUT2D eigenvalue weighted by molar-refractivity contribution is 7.87. The van der Waals surface area contributed by atoms with Crippen molar-refractivity contribution in [2.75, 3.05) is 12.8 Å². The highest BCUT2D eigenvalue weighted by atomic mass is 32.2. The zero-order valence-electron chi connectivity index (χ0n) is 16.0. The fourth-order valence-electron chi connectivity index (χ4n) is 2.28. The number of amides is 1. The van der Waals surface area contributed by atoms with Crippen LogP contribution >= 0.6 is 0 Å². The standard InChI is InChI=1S/C17H16FN7O5S/c1-29-15-8-11(9-20-21-16(26)10-25-17(19)22-23-24-25)2-7-14(15)30-31(27,28)13-5-3-12(18)4-6-13/h2-9H,10H2,1H3,(H,21,26)(H2,19,22,24). The molecule has 1 amide bonds. The maximum Gasteiger partial charge on any atom is 0.339 e. The first kappa shape index (κ1) is 21.6. The highest BCUT2D eigenvalue weighted by Crippen LogP contribution is 2.30. The van der Waals surface area contributed by atoms with Crippen molar-refractivity contribution in [1.82, 2.24) is 25.6 Å². The number of nitrogen functional groups attached to an aromatic ring is 1. The molecule has 0 aliphatic carbocycles. The quantitative estimate of drug-likeness (QED) is 0.280. The van der Waals surface area contributed by atoms with E-state index in [4.69, 9.17) is 14.7 Å². The molecule has 0 bridgehead atoms. The van der Waals surface area contributed by atoms with Crippen LogP contribution in [0.4, 0.5) is 10.3 Å². The number of ether oxygens (including phenoxy) is 1. The van der Waals surface area contributed by atoms with Gasteiger partial charge < -0.3 is 14.7 Å². The Morgan fingerprint density at radius 3 is 2.65 bits per heavy atom. The van der Waals surface area contributed by atoms with Crippen LogP contribution in [0.5, 0.6) is 11.5 Å². The number of anilines is 1. The second-order valence-corrected chi connectivity index (χ2v) is 7.44. The molecule has 3 N–H and O–H groups in total. The molecule has 12 nitrogen and oxygen atoms in total. The molecule has 14 heteroatoms. The van der Waals surface area contributed by atoms with Gasteiger partial charge in [0.05, 0.1) is 13.3 Å². The van der Waals surface area contributed by atoms with Gasteiger partial charge in [0.2, 0.25) is 5.95 Å². The van der Waals surface area contributed by atoms with Crippen molar-refractivity contribution < 1.29 is 26.5 Å². The van der Waals surface area contributed by atoms with Crippen molar-refractivity contribution in [3.05, 3.63) is 53.8 Å². The van der Waals surface area contributed by atoms with Gasteiger partial charge in [-0.25, -0.2) is 14.5 Å². The van der Waals surface area contributed by atoms with Crippen molar-refractivity contribution in [1.29, 1.82) is 0 Å². The average Bonchev–Trinajstić information content (AvgIpc) is 3.13. The molecule has 162 valence electrons. The van der Waals surface area contributed by atoms with E-state index in [9.17, 15) is 17.6 Å². The number of rotatable bonds is 8. The molecule has 0 saturated heterocycles. The van der Waals surface area contributed by atoms with Gasteiger partial charge in [-0.1, -0.05) is 5.10 Å². The first-order valence-electron chi connectivity index (χ1n) is 8.50. The summed E-state index contributed by atoms with van der Waals surface area (Å²) < 4.78 is 49.1. The van der Waals surface area contributed by atoms with Gasteiger partial charge in [-0.15, -0.1) is 0 Å². The fourth-order valence-corrected chi connectivity index (χ4v) is 3.21. The number of carbonyl (C=O) groups excluding carboxylic acids is 1. The summed E-state index contributed by atoms with van der Waals surface area (Å²) in [5.41, 5.74) is 8.22. The predicted octanol–water partition coefficient (Wildman–Crippen LogP) is 0.321. The van der Waals surface area contributed by atoms with Crippen molar-refractivity contribution in [2.24, 2.45) is 5.10 Å². The van der Waals surface area contributed by atoms with E-state index in [2.05, 4.69) is 26.1 Å². The normalized spacial score (nSPS) is 11.4. The maximum atomic E-state index is 13.0. The first-order valence-corrected chi connectivity index (χ1v) is 9.91. The highest BCUT2D eigenvalue weighted by Gasteiger charge is 2.19. The van der Waals surface area contributed by atoms with Crippen LogP contribution in [0.1, 0.15) is 5.56 Å². The van der Waals surface area contributed by atoms with Gasteiger partial charge in [-0.2, -0.15) is 13.5 Å². The van der Waals surface area contributed by atoms with E-state index < -0.39 is 21.8 Å². The largest absolute Gasteiger partial charge is 0.493 e. The molecule has 2 aromatic carbocycles. The SMILES string of the molecule is COc1cc(C=NNC(=O)Cn2nnnc2N)ccc1OS(=O)(=O)c1ccc(F)cc1. The van der Waals surface area contributed by atoms with E-state index in [0.29, 0.717) is 5.56 Å². The van der Waals surface area contributed by atoms with Crippen LogP contribution in [-0.2, 0) is 21.5 Å². The number of benzene rings is 2. The first-order chi connectivity index (χ1) is 14.8. The Morgan fingerprint density at radius 2 is 2.00 bits per heavy atom. The number of nitrogens with two attached hydrogens (primary N) is 1. The molecule has 1 aromatic heterocycles. The predicted molar refractivity (Wildman–Crippen MR) is 105 cm³/mol. The third-order valence-electron chi connectivity index (χ3n) is 3.75. The summed E-state index contributed by atoms with van der Waals surface area (Å²) in [4.78, 5) is 11.6. The van der Waals surface area contributed by atoms with E-state index >= 15 is 0 Å². The van der Waals surface area contributed by atoms with E-state index in [1.807, 2.05) is 0 Å². The van der Waals surface area contributed by atoms with Crippen LogP contribution in [0, 0.1) is 5.82 Å². The van der Waals surface area contributed by atoms with Gasteiger partial charge in [0, 0.05) is 0 Å². The molecule has 3 aromatic rings. The van der Waals surface area contributed by atoms with Crippen LogP contribution in [0.25, 0.3) is 0 Å². The lowest BCUT2D eigenvalue weighted by Crippen LogP contribution is -2.24. The molecule has 0 atom stereocenters. The smallest absolute Gasteiger partial charge is 0.339 e. The average molecular weight is 449 g/mol. The zero-order chi connectivity index (χ0) is 22.4. The van der Waals surface area contributed by atoms with Crippen molar-refractivity contribution in [3.63, 3.8) is 0 Å². The van der Waals surface area contributed by atoms with Gasteiger partial charge in [-0.3, -0.25) is 4.79 Å². The lowest BCUT2D eigenvalue weighted by Gasteiger charge is -2.11. The number of nitrogens with zero attached hydrogens (tertiary/aromatic N) is 5. The Kier molecular flexibility index (Phi) is 6.40. The number of carbonyl (C=O) groups is 1. The summed E-state index contributed by atoms with van der Waals surface area (Å²) in [6.07, 6.45) is 1.31. The fraction of sp³-hybridized carbons (Fsp3) is 0.118.